The van der Waals surface area contributed by atoms with Crippen molar-refractivity contribution >= 4 is 22.6 Å². The van der Waals surface area contributed by atoms with Gasteiger partial charge < -0.3 is 9.47 Å². The minimum Gasteiger partial charge on any atom is -0.429 e. The Kier molecular flexibility index (Phi) is 7.54. The molecular weight excluding hydrogens is 585 g/mol. The molecule has 3 aromatic rings. The average molecular weight is 606 g/mol. The van der Waals surface area contributed by atoms with Gasteiger partial charge in [0.15, 0.2) is 11.6 Å². The zero-order valence-corrected chi connectivity index (χ0v) is 20.5. The third kappa shape index (κ3) is 6.62. The monoisotopic (exact) mass is 606 g/mol. The van der Waals surface area contributed by atoms with Crippen LogP contribution in [-0.4, -0.2) is 10.3 Å². The molecule has 1 aliphatic rings. The van der Waals surface area contributed by atoms with Crippen LogP contribution in [0.5, 0.6) is 11.5 Å². The molecule has 4 rings (SSSR count). The van der Waals surface area contributed by atoms with Gasteiger partial charge in [-0.3, -0.25) is 0 Å². The van der Waals surface area contributed by atoms with Crippen molar-refractivity contribution in [1.82, 2.24) is 0 Å². The van der Waals surface area contributed by atoms with E-state index in [2.05, 4.69) is 27.3 Å². The van der Waals surface area contributed by atoms with Gasteiger partial charge in [0, 0.05) is 3.92 Å². The lowest BCUT2D eigenvalue weighted by atomic mass is 9.84. The van der Waals surface area contributed by atoms with Gasteiger partial charge in [0.1, 0.15) is 5.75 Å². The van der Waals surface area contributed by atoms with E-state index in [0.717, 1.165) is 55.5 Å². The first-order chi connectivity index (χ1) is 16.5. The highest BCUT2D eigenvalue weighted by atomic mass is 127. The summed E-state index contributed by atoms with van der Waals surface area (Å²) in [6, 6.07) is 14.5. The molecule has 0 unspecified atom stereocenters. The second kappa shape index (κ2) is 10.3. The Morgan fingerprint density at radius 2 is 1.31 bits per heavy atom. The van der Waals surface area contributed by atoms with E-state index in [9.17, 15) is 26.3 Å². The van der Waals surface area contributed by atoms with E-state index in [1.807, 2.05) is 12.1 Å². The first kappa shape index (κ1) is 25.7. The molecule has 2 nitrogen and oxygen atoms in total. The predicted molar refractivity (Wildman–Crippen MR) is 129 cm³/mol. The molecule has 0 heterocycles. The van der Waals surface area contributed by atoms with Crippen LogP contribution in [0.4, 0.5) is 26.3 Å². The van der Waals surface area contributed by atoms with E-state index in [1.54, 1.807) is 12.1 Å². The second-order valence-electron chi connectivity index (χ2n) is 8.41. The molecule has 9 heteroatoms. The van der Waals surface area contributed by atoms with Gasteiger partial charge in [-0.25, -0.2) is 4.39 Å². The summed E-state index contributed by atoms with van der Waals surface area (Å²) in [5, 5.41) is 0. The first-order valence-electron chi connectivity index (χ1n) is 11.0. The third-order valence-electron chi connectivity index (χ3n) is 5.97. The zero-order chi connectivity index (χ0) is 25.2. The highest BCUT2D eigenvalue weighted by Crippen LogP contribution is 2.38. The number of benzene rings is 3. The van der Waals surface area contributed by atoms with Crippen LogP contribution in [0.15, 0.2) is 66.7 Å². The maximum Gasteiger partial charge on any atom is 0.573 e. The molecule has 0 saturated heterocycles. The second-order valence-corrected chi connectivity index (χ2v) is 10.2. The number of hydrogen-bond acceptors (Lipinski definition) is 2. The van der Waals surface area contributed by atoms with E-state index in [0.29, 0.717) is 15.4 Å². The SMILES string of the molecule is Fc1cc(-c2ccc(C(F)(F)Oc3ccc(C4CCC(I)CC4)cc3)cc2)ccc1OC(F)(F)F. The van der Waals surface area contributed by atoms with Crippen LogP contribution in [-0.2, 0) is 6.11 Å². The molecule has 1 aliphatic carbocycles. The maximum absolute atomic E-state index is 14.7. The van der Waals surface area contributed by atoms with Crippen LogP contribution < -0.4 is 9.47 Å². The highest BCUT2D eigenvalue weighted by molar-refractivity contribution is 14.1. The number of halogens is 7. The van der Waals surface area contributed by atoms with Crippen LogP contribution in [0, 0.1) is 5.82 Å². The summed E-state index contributed by atoms with van der Waals surface area (Å²) >= 11 is 2.46. The normalized spacial score (nSPS) is 18.8. The molecule has 186 valence electrons. The van der Waals surface area contributed by atoms with Crippen LogP contribution in [0.25, 0.3) is 11.1 Å². The molecule has 1 fully saturated rings. The quantitative estimate of drug-likeness (QED) is 0.159. The number of rotatable bonds is 6. The van der Waals surface area contributed by atoms with Crippen molar-refractivity contribution in [3.8, 4) is 22.6 Å². The van der Waals surface area contributed by atoms with E-state index in [1.165, 1.54) is 18.2 Å². The lowest BCUT2D eigenvalue weighted by Gasteiger charge is -2.26. The minimum absolute atomic E-state index is 0.0349. The maximum atomic E-state index is 14.7. The Morgan fingerprint density at radius 1 is 0.714 bits per heavy atom. The summed E-state index contributed by atoms with van der Waals surface area (Å²) in [4.78, 5) is 0. The van der Waals surface area contributed by atoms with Crippen molar-refractivity contribution in [2.45, 2.75) is 48.0 Å². The van der Waals surface area contributed by atoms with E-state index in [-0.39, 0.29) is 11.3 Å². The number of ether oxygens (including phenoxy) is 2. The topological polar surface area (TPSA) is 18.5 Å². The van der Waals surface area contributed by atoms with E-state index >= 15 is 0 Å². The fraction of sp³-hybridized carbons (Fsp3) is 0.308. The number of alkyl halides is 6. The summed E-state index contributed by atoms with van der Waals surface area (Å²) in [6.07, 6.45) is -4.18. The zero-order valence-electron chi connectivity index (χ0n) is 18.3. The summed E-state index contributed by atoms with van der Waals surface area (Å²) in [7, 11) is 0. The Labute approximate surface area is 212 Å². The Balaban J connectivity index is 1.43. The van der Waals surface area contributed by atoms with Crippen molar-refractivity contribution in [2.75, 3.05) is 0 Å². The van der Waals surface area contributed by atoms with Crippen molar-refractivity contribution in [3.63, 3.8) is 0 Å². The molecule has 0 aromatic heterocycles. The molecule has 0 bridgehead atoms. The van der Waals surface area contributed by atoms with E-state index in [4.69, 9.17) is 4.74 Å². The molecule has 3 aromatic carbocycles. The third-order valence-corrected chi connectivity index (χ3v) is 7.21. The Hall–Kier alpha value is -2.43. The van der Waals surface area contributed by atoms with Crippen molar-refractivity contribution in [3.05, 3.63) is 83.7 Å². The smallest absolute Gasteiger partial charge is 0.429 e. The average Bonchev–Trinajstić information content (AvgIpc) is 2.81. The minimum atomic E-state index is -5.02. The molecule has 0 aliphatic heterocycles. The van der Waals surface area contributed by atoms with Crippen molar-refractivity contribution < 1.29 is 35.8 Å². The molecule has 0 amide bonds. The van der Waals surface area contributed by atoms with Crippen LogP contribution in [0.3, 0.4) is 0 Å². The van der Waals surface area contributed by atoms with Gasteiger partial charge in [0.2, 0.25) is 0 Å². The van der Waals surface area contributed by atoms with Gasteiger partial charge in [-0.1, -0.05) is 52.9 Å². The first-order valence-corrected chi connectivity index (χ1v) is 12.2. The molecule has 0 N–H and O–H groups in total. The lowest BCUT2D eigenvalue weighted by Crippen LogP contribution is -2.21. The standard InChI is InChI=1S/C26H21F6IO2/c27-23-15-19(7-14-24(23)35-26(30,31)32)18-1-8-20(9-2-18)25(28,29)34-22-12-5-17(6-13-22)16-3-10-21(33)11-4-16/h1-2,5-9,12-16,21H,3-4,10-11H2. The summed E-state index contributed by atoms with van der Waals surface area (Å²) in [5.41, 5.74) is 1.25. The fourth-order valence-corrected chi connectivity index (χ4v) is 4.86. The lowest BCUT2D eigenvalue weighted by molar-refractivity contribution is -0.275. The van der Waals surface area contributed by atoms with Gasteiger partial charge in [-0.2, -0.15) is 8.78 Å². The molecule has 0 spiro atoms. The molecule has 35 heavy (non-hydrogen) atoms. The van der Waals surface area contributed by atoms with E-state index < -0.39 is 29.6 Å². The Bertz CT molecular complexity index is 1140. The van der Waals surface area contributed by atoms with Gasteiger partial charge in [-0.05, 0) is 84.7 Å². The highest BCUT2D eigenvalue weighted by Gasteiger charge is 2.35. The fourth-order valence-electron chi connectivity index (χ4n) is 4.15. The summed E-state index contributed by atoms with van der Waals surface area (Å²) in [5.74, 6) is -1.72. The predicted octanol–water partition coefficient (Wildman–Crippen LogP) is 8.98. The van der Waals surface area contributed by atoms with Crippen molar-refractivity contribution in [1.29, 1.82) is 0 Å². The molecular formula is C26H21F6IO2. The molecule has 0 atom stereocenters. The summed E-state index contributed by atoms with van der Waals surface area (Å²) in [6.45, 7) is 0. The molecule has 1 saturated carbocycles. The largest absolute Gasteiger partial charge is 0.573 e. The van der Waals surface area contributed by atoms with Gasteiger partial charge in [0.25, 0.3) is 0 Å². The van der Waals surface area contributed by atoms with Crippen LogP contribution in [0.2, 0.25) is 0 Å². The molecule has 0 radical (unpaired) electrons. The Morgan fingerprint density at radius 3 is 1.89 bits per heavy atom. The van der Waals surface area contributed by atoms with Crippen LogP contribution >= 0.6 is 22.6 Å². The van der Waals surface area contributed by atoms with Gasteiger partial charge >= 0.3 is 12.5 Å². The number of hydrogen-bond donors (Lipinski definition) is 0. The van der Waals surface area contributed by atoms with Gasteiger partial charge in [0.05, 0.1) is 5.56 Å². The summed E-state index contributed by atoms with van der Waals surface area (Å²) < 4.78 is 89.6. The van der Waals surface area contributed by atoms with Crippen molar-refractivity contribution in [2.24, 2.45) is 0 Å². The van der Waals surface area contributed by atoms with Crippen LogP contribution in [0.1, 0.15) is 42.7 Å². The van der Waals surface area contributed by atoms with Gasteiger partial charge in [-0.15, -0.1) is 13.2 Å².